The van der Waals surface area contributed by atoms with Gasteiger partial charge in [-0.1, -0.05) is 32.4 Å². The maximum absolute atomic E-state index is 12.5. The van der Waals surface area contributed by atoms with Crippen molar-refractivity contribution >= 4 is 24.6 Å². The summed E-state index contributed by atoms with van der Waals surface area (Å²) >= 11 is 4.32. The van der Waals surface area contributed by atoms with Gasteiger partial charge in [0, 0.05) is 4.90 Å². The summed E-state index contributed by atoms with van der Waals surface area (Å²) in [6.45, 7) is 4.37. The summed E-state index contributed by atoms with van der Waals surface area (Å²) in [6, 6.07) is 17.7. The molecule has 0 heterocycles. The second-order valence-corrected chi connectivity index (χ2v) is 7.85. The maximum atomic E-state index is 12.5. The number of phenols is 1. The van der Waals surface area contributed by atoms with Gasteiger partial charge in [0.2, 0.25) is 0 Å². The van der Waals surface area contributed by atoms with Gasteiger partial charge in [-0.05, 0) is 72.5 Å². The number of benzene rings is 3. The molecule has 3 aromatic carbocycles. The highest BCUT2D eigenvalue weighted by Gasteiger charge is 2.15. The van der Waals surface area contributed by atoms with Gasteiger partial charge in [-0.25, -0.2) is 9.59 Å². The van der Waals surface area contributed by atoms with Crippen molar-refractivity contribution in [1.82, 2.24) is 0 Å². The maximum Gasteiger partial charge on any atom is 0.343 e. The van der Waals surface area contributed by atoms with Crippen molar-refractivity contribution in [2.24, 2.45) is 5.92 Å². The molecule has 3 aromatic rings. The van der Waals surface area contributed by atoms with Crippen molar-refractivity contribution in [3.05, 3.63) is 83.4 Å². The zero-order valence-corrected chi connectivity index (χ0v) is 18.3. The molecule has 0 aliphatic carbocycles. The monoisotopic (exact) mass is 436 g/mol. The second-order valence-electron chi connectivity index (χ2n) is 7.37. The van der Waals surface area contributed by atoms with Gasteiger partial charge in [-0.3, -0.25) is 0 Å². The lowest BCUT2D eigenvalue weighted by Gasteiger charge is -2.10. The summed E-state index contributed by atoms with van der Waals surface area (Å²) in [5.74, 6) is 0.210. The number of phenolic OH excluding ortho intramolecular Hbond substituents is 1. The number of hydrogen-bond donors (Lipinski definition) is 2. The molecular weight excluding hydrogens is 412 g/mol. The van der Waals surface area contributed by atoms with Gasteiger partial charge < -0.3 is 14.6 Å². The molecule has 6 heteroatoms. The molecule has 1 atom stereocenters. The lowest BCUT2D eigenvalue weighted by atomic mass is 9.99. The van der Waals surface area contributed by atoms with E-state index in [9.17, 15) is 14.7 Å². The number of ether oxygens (including phenoxy) is 2. The molecule has 0 fully saturated rings. The lowest BCUT2D eigenvalue weighted by Crippen LogP contribution is -2.11. The smallest absolute Gasteiger partial charge is 0.343 e. The number of thiol groups is 1. The zero-order chi connectivity index (χ0) is 22.4. The molecule has 3 rings (SSSR count). The molecule has 0 amide bonds. The standard InChI is InChI=1S/C25H24O5S/c1-3-16(2)14-17-4-11-21(12-5-17)29-25(28)19-8-13-22(23(31)15-19)30-24(27)18-6-9-20(26)10-7-18/h4-13,15-16,26,31H,3,14H2,1-2H3. The highest BCUT2D eigenvalue weighted by molar-refractivity contribution is 7.80. The first-order valence-corrected chi connectivity index (χ1v) is 10.5. The van der Waals surface area contributed by atoms with Crippen LogP contribution in [0.4, 0.5) is 0 Å². The summed E-state index contributed by atoms with van der Waals surface area (Å²) in [6.07, 6.45) is 2.10. The van der Waals surface area contributed by atoms with Crippen LogP contribution < -0.4 is 9.47 Å². The van der Waals surface area contributed by atoms with Crippen molar-refractivity contribution < 1.29 is 24.2 Å². The molecule has 1 unspecified atom stereocenters. The predicted molar refractivity (Wildman–Crippen MR) is 121 cm³/mol. The van der Waals surface area contributed by atoms with Crippen LogP contribution in [0.25, 0.3) is 0 Å². The fourth-order valence-corrected chi connectivity index (χ4v) is 3.15. The molecule has 1 N–H and O–H groups in total. The zero-order valence-electron chi connectivity index (χ0n) is 17.4. The minimum Gasteiger partial charge on any atom is -0.508 e. The third-order valence-electron chi connectivity index (χ3n) is 4.92. The lowest BCUT2D eigenvalue weighted by molar-refractivity contribution is 0.0728. The molecule has 0 bridgehead atoms. The van der Waals surface area contributed by atoms with Gasteiger partial charge in [0.25, 0.3) is 0 Å². The topological polar surface area (TPSA) is 72.8 Å². The molecule has 0 aliphatic heterocycles. The molecular formula is C25H24O5S. The first-order valence-electron chi connectivity index (χ1n) is 10.0. The fourth-order valence-electron chi connectivity index (χ4n) is 2.89. The Morgan fingerprint density at radius 3 is 2.13 bits per heavy atom. The summed E-state index contributed by atoms with van der Waals surface area (Å²) in [7, 11) is 0. The van der Waals surface area contributed by atoms with Gasteiger partial charge in [0.15, 0.2) is 0 Å². The largest absolute Gasteiger partial charge is 0.508 e. The van der Waals surface area contributed by atoms with Crippen LogP contribution in [0, 0.1) is 5.92 Å². The Morgan fingerprint density at radius 1 is 0.903 bits per heavy atom. The second kappa shape index (κ2) is 10.2. The van der Waals surface area contributed by atoms with Crippen LogP contribution in [0.2, 0.25) is 0 Å². The minimum absolute atomic E-state index is 0.0551. The quantitative estimate of drug-likeness (QED) is 0.282. The molecule has 0 radical (unpaired) electrons. The SMILES string of the molecule is CCC(C)Cc1ccc(OC(=O)c2ccc(OC(=O)c3ccc(O)cc3)c(S)c2)cc1. The van der Waals surface area contributed by atoms with E-state index in [4.69, 9.17) is 9.47 Å². The summed E-state index contributed by atoms with van der Waals surface area (Å²) < 4.78 is 10.8. The van der Waals surface area contributed by atoms with Crippen molar-refractivity contribution in [2.45, 2.75) is 31.6 Å². The number of carbonyl (C=O) groups excluding carboxylic acids is 2. The summed E-state index contributed by atoms with van der Waals surface area (Å²) in [5.41, 5.74) is 1.77. The summed E-state index contributed by atoms with van der Waals surface area (Å²) in [4.78, 5) is 25.0. The van der Waals surface area contributed by atoms with Crippen LogP contribution in [0.15, 0.2) is 71.6 Å². The Labute approximate surface area is 187 Å². The summed E-state index contributed by atoms with van der Waals surface area (Å²) in [5, 5.41) is 9.31. The van der Waals surface area contributed by atoms with E-state index in [1.54, 1.807) is 12.1 Å². The average molecular weight is 437 g/mol. The van der Waals surface area contributed by atoms with Crippen molar-refractivity contribution in [2.75, 3.05) is 0 Å². The Hall–Kier alpha value is -3.25. The molecule has 0 saturated heterocycles. The van der Waals surface area contributed by atoms with Crippen LogP contribution in [0.1, 0.15) is 46.5 Å². The molecule has 0 aliphatic rings. The fraction of sp³-hybridized carbons (Fsp3) is 0.200. The number of aromatic hydroxyl groups is 1. The van der Waals surface area contributed by atoms with Gasteiger partial charge in [-0.15, -0.1) is 12.6 Å². The van der Waals surface area contributed by atoms with Gasteiger partial charge in [0.1, 0.15) is 17.2 Å². The van der Waals surface area contributed by atoms with Crippen LogP contribution in [0.3, 0.4) is 0 Å². The number of hydrogen-bond acceptors (Lipinski definition) is 6. The molecule has 0 aromatic heterocycles. The molecule has 0 spiro atoms. The minimum atomic E-state index is -0.594. The van der Waals surface area contributed by atoms with Gasteiger partial charge in [-0.2, -0.15) is 0 Å². The van der Waals surface area contributed by atoms with E-state index in [1.165, 1.54) is 48.0 Å². The van der Waals surface area contributed by atoms with Crippen LogP contribution in [0.5, 0.6) is 17.2 Å². The van der Waals surface area contributed by atoms with Crippen molar-refractivity contribution in [1.29, 1.82) is 0 Å². The van der Waals surface area contributed by atoms with Gasteiger partial charge >= 0.3 is 11.9 Å². The molecule has 0 saturated carbocycles. The van der Waals surface area contributed by atoms with Crippen LogP contribution in [-0.2, 0) is 6.42 Å². The van der Waals surface area contributed by atoms with Gasteiger partial charge in [0.05, 0.1) is 11.1 Å². The van der Waals surface area contributed by atoms with E-state index in [0.29, 0.717) is 16.6 Å². The number of carbonyl (C=O) groups is 2. The highest BCUT2D eigenvalue weighted by atomic mass is 32.1. The van der Waals surface area contributed by atoms with Crippen LogP contribution in [-0.4, -0.2) is 17.0 Å². The van der Waals surface area contributed by atoms with E-state index in [-0.39, 0.29) is 22.6 Å². The van der Waals surface area contributed by atoms with E-state index < -0.39 is 11.9 Å². The first kappa shape index (κ1) is 22.4. The predicted octanol–water partition coefficient (Wildman–Crippen LogP) is 5.71. The first-order chi connectivity index (χ1) is 14.9. The Morgan fingerprint density at radius 2 is 1.52 bits per heavy atom. The third kappa shape index (κ3) is 6.12. The number of rotatable bonds is 7. The van der Waals surface area contributed by atoms with E-state index in [1.807, 2.05) is 12.1 Å². The van der Waals surface area contributed by atoms with E-state index in [2.05, 4.69) is 26.5 Å². The van der Waals surface area contributed by atoms with E-state index >= 15 is 0 Å². The Kier molecular flexibility index (Phi) is 7.36. The average Bonchev–Trinajstić information content (AvgIpc) is 2.76. The van der Waals surface area contributed by atoms with Crippen molar-refractivity contribution in [3.63, 3.8) is 0 Å². The van der Waals surface area contributed by atoms with Crippen LogP contribution >= 0.6 is 12.6 Å². The highest BCUT2D eigenvalue weighted by Crippen LogP contribution is 2.26. The molecule has 160 valence electrons. The third-order valence-corrected chi connectivity index (χ3v) is 5.26. The molecule has 31 heavy (non-hydrogen) atoms. The van der Waals surface area contributed by atoms with E-state index in [0.717, 1.165) is 12.8 Å². The Balaban J connectivity index is 1.64. The number of esters is 2. The van der Waals surface area contributed by atoms with Crippen molar-refractivity contribution in [3.8, 4) is 17.2 Å². The Bertz CT molecular complexity index is 1060. The molecule has 5 nitrogen and oxygen atoms in total. The normalized spacial score (nSPS) is 11.6.